The second-order valence-corrected chi connectivity index (χ2v) is 4.69. The highest BCUT2D eigenvalue weighted by Gasteiger charge is 2.13. The van der Waals surface area contributed by atoms with Crippen LogP contribution in [0, 0.1) is 0 Å². The molecule has 1 heterocycles. The summed E-state index contributed by atoms with van der Waals surface area (Å²) >= 11 is 1.46. The normalized spacial score (nSPS) is 12.5. The molecule has 0 aliphatic carbocycles. The number of nitrogens with one attached hydrogen (secondary N) is 1. The number of anilines is 1. The van der Waals surface area contributed by atoms with E-state index in [1.807, 2.05) is 19.2 Å². The van der Waals surface area contributed by atoms with Crippen LogP contribution in [0.3, 0.4) is 0 Å². The van der Waals surface area contributed by atoms with Crippen molar-refractivity contribution in [3.63, 3.8) is 0 Å². The molecule has 1 aromatic rings. The molecule has 1 atom stereocenters. The highest BCUT2D eigenvalue weighted by Crippen LogP contribution is 2.20. The summed E-state index contributed by atoms with van der Waals surface area (Å²) in [6, 6.07) is 0.0511. The van der Waals surface area contributed by atoms with Gasteiger partial charge in [0.2, 0.25) is 5.91 Å². The summed E-state index contributed by atoms with van der Waals surface area (Å²) in [7, 11) is 0. The van der Waals surface area contributed by atoms with Gasteiger partial charge in [0.05, 0.1) is 12.3 Å². The van der Waals surface area contributed by atoms with Gasteiger partial charge >= 0.3 is 0 Å². The van der Waals surface area contributed by atoms with Gasteiger partial charge in [0, 0.05) is 31.4 Å². The Bertz CT molecular complexity index is 367. The zero-order valence-electron chi connectivity index (χ0n) is 10.4. The lowest BCUT2D eigenvalue weighted by Crippen LogP contribution is -2.29. The van der Waals surface area contributed by atoms with Gasteiger partial charge in [-0.3, -0.25) is 9.69 Å². The van der Waals surface area contributed by atoms with Gasteiger partial charge in [0.25, 0.3) is 0 Å². The molecule has 96 valence electrons. The Morgan fingerprint density at radius 3 is 2.94 bits per heavy atom. The molecule has 1 rings (SSSR count). The molecule has 0 saturated heterocycles. The van der Waals surface area contributed by atoms with Crippen LogP contribution in [0.1, 0.15) is 26.5 Å². The van der Waals surface area contributed by atoms with Crippen molar-refractivity contribution in [2.45, 2.75) is 33.4 Å². The molecule has 17 heavy (non-hydrogen) atoms. The van der Waals surface area contributed by atoms with Gasteiger partial charge in [-0.25, -0.2) is 4.98 Å². The molecule has 0 aliphatic rings. The van der Waals surface area contributed by atoms with Crippen molar-refractivity contribution in [1.29, 1.82) is 0 Å². The first-order valence-corrected chi connectivity index (χ1v) is 6.53. The molecule has 0 bridgehead atoms. The minimum atomic E-state index is 0.00471. The average Bonchev–Trinajstić information content (AvgIpc) is 2.75. The smallest absolute Gasteiger partial charge is 0.225 e. The number of rotatable bonds is 6. The third-order valence-corrected chi connectivity index (χ3v) is 3.28. The lowest BCUT2D eigenvalue weighted by atomic mass is 10.3. The fourth-order valence-corrected chi connectivity index (χ4v) is 2.27. The molecule has 0 aromatic carbocycles. The molecule has 0 spiro atoms. The Balaban J connectivity index is 2.61. The predicted octanol–water partition coefficient (Wildman–Crippen LogP) is 0.986. The van der Waals surface area contributed by atoms with Gasteiger partial charge in [-0.1, -0.05) is 0 Å². The van der Waals surface area contributed by atoms with Gasteiger partial charge in [-0.05, 0) is 13.8 Å². The second-order valence-electron chi connectivity index (χ2n) is 3.85. The van der Waals surface area contributed by atoms with Gasteiger partial charge in [-0.15, -0.1) is 11.3 Å². The summed E-state index contributed by atoms with van der Waals surface area (Å²) in [5.74, 6) is 0.00471. The Kier molecular flexibility index (Phi) is 5.54. The zero-order valence-corrected chi connectivity index (χ0v) is 11.3. The average molecular weight is 257 g/mol. The first-order valence-electron chi connectivity index (χ1n) is 5.65. The number of thiazole rings is 1. The molecule has 0 fully saturated rings. The molecular weight excluding hydrogens is 238 g/mol. The SMILES string of the molecule is CCN(C(C)=O)c1nc(CN[C@H](C)CO)cs1. The van der Waals surface area contributed by atoms with E-state index in [2.05, 4.69) is 10.3 Å². The number of aromatic nitrogens is 1. The van der Waals surface area contributed by atoms with E-state index in [4.69, 9.17) is 5.11 Å². The number of aliphatic hydroxyl groups is 1. The van der Waals surface area contributed by atoms with Crippen molar-refractivity contribution in [2.24, 2.45) is 0 Å². The first kappa shape index (κ1) is 14.1. The molecule has 1 aromatic heterocycles. The number of carbonyl (C=O) groups excluding carboxylic acids is 1. The molecule has 0 radical (unpaired) electrons. The van der Waals surface area contributed by atoms with E-state index < -0.39 is 0 Å². The maximum atomic E-state index is 11.3. The summed E-state index contributed by atoms with van der Waals surface area (Å²) < 4.78 is 0. The van der Waals surface area contributed by atoms with E-state index in [-0.39, 0.29) is 18.6 Å². The second kappa shape index (κ2) is 6.68. The summed E-state index contributed by atoms with van der Waals surface area (Å²) in [5.41, 5.74) is 0.894. The Labute approximate surface area is 105 Å². The third kappa shape index (κ3) is 4.07. The molecule has 0 unspecified atom stereocenters. The fraction of sp³-hybridized carbons (Fsp3) is 0.636. The lowest BCUT2D eigenvalue weighted by molar-refractivity contribution is -0.116. The van der Waals surface area contributed by atoms with E-state index in [1.54, 1.807) is 4.90 Å². The molecule has 6 heteroatoms. The van der Waals surface area contributed by atoms with Gasteiger partial charge < -0.3 is 10.4 Å². The van der Waals surface area contributed by atoms with E-state index in [9.17, 15) is 4.79 Å². The quantitative estimate of drug-likeness (QED) is 0.797. The minimum Gasteiger partial charge on any atom is -0.395 e. The standard InChI is InChI=1S/C11H19N3O2S/c1-4-14(9(3)16)11-13-10(7-17-11)5-12-8(2)6-15/h7-8,12,15H,4-6H2,1-3H3/t8-/m1/s1. The third-order valence-electron chi connectivity index (χ3n) is 2.37. The van der Waals surface area contributed by atoms with Crippen LogP contribution >= 0.6 is 11.3 Å². The van der Waals surface area contributed by atoms with Crippen LogP contribution in [0.5, 0.6) is 0 Å². The zero-order chi connectivity index (χ0) is 12.8. The summed E-state index contributed by atoms with van der Waals surface area (Å²) in [4.78, 5) is 17.4. The minimum absolute atomic E-state index is 0.00471. The topological polar surface area (TPSA) is 65.5 Å². The molecule has 0 saturated carbocycles. The number of hydrogen-bond acceptors (Lipinski definition) is 5. The Morgan fingerprint density at radius 2 is 2.41 bits per heavy atom. The number of nitrogens with zero attached hydrogens (tertiary/aromatic N) is 2. The summed E-state index contributed by atoms with van der Waals surface area (Å²) in [5, 5.41) is 14.7. The van der Waals surface area contributed by atoms with E-state index in [1.165, 1.54) is 18.3 Å². The monoisotopic (exact) mass is 257 g/mol. The summed E-state index contributed by atoms with van der Waals surface area (Å²) in [6.45, 7) is 6.70. The van der Waals surface area contributed by atoms with Crippen LogP contribution in [0.25, 0.3) is 0 Å². The van der Waals surface area contributed by atoms with E-state index in [0.29, 0.717) is 13.1 Å². The van der Waals surface area contributed by atoms with Crippen LogP contribution < -0.4 is 10.2 Å². The predicted molar refractivity (Wildman–Crippen MR) is 69.2 cm³/mol. The molecule has 2 N–H and O–H groups in total. The van der Waals surface area contributed by atoms with Crippen LogP contribution in [0.15, 0.2) is 5.38 Å². The largest absolute Gasteiger partial charge is 0.395 e. The fourth-order valence-electron chi connectivity index (χ4n) is 1.34. The van der Waals surface area contributed by atoms with Gasteiger partial charge in [0.1, 0.15) is 0 Å². The molecule has 1 amide bonds. The molecule has 0 aliphatic heterocycles. The highest BCUT2D eigenvalue weighted by molar-refractivity contribution is 7.14. The van der Waals surface area contributed by atoms with Crippen molar-refractivity contribution >= 4 is 22.4 Å². The van der Waals surface area contributed by atoms with Crippen molar-refractivity contribution in [3.8, 4) is 0 Å². The van der Waals surface area contributed by atoms with Crippen LogP contribution in [-0.2, 0) is 11.3 Å². The number of amides is 1. The van der Waals surface area contributed by atoms with Crippen molar-refractivity contribution < 1.29 is 9.90 Å². The lowest BCUT2D eigenvalue weighted by Gasteiger charge is -2.14. The van der Waals surface area contributed by atoms with Gasteiger partial charge in [0.15, 0.2) is 5.13 Å². The first-order chi connectivity index (χ1) is 8.08. The van der Waals surface area contributed by atoms with Crippen molar-refractivity contribution in [1.82, 2.24) is 10.3 Å². The highest BCUT2D eigenvalue weighted by atomic mass is 32.1. The van der Waals surface area contributed by atoms with Crippen LogP contribution in [0.2, 0.25) is 0 Å². The molecule has 5 nitrogen and oxygen atoms in total. The van der Waals surface area contributed by atoms with Gasteiger partial charge in [-0.2, -0.15) is 0 Å². The van der Waals surface area contributed by atoms with Crippen LogP contribution in [-0.4, -0.2) is 35.2 Å². The van der Waals surface area contributed by atoms with E-state index >= 15 is 0 Å². The maximum Gasteiger partial charge on any atom is 0.225 e. The Morgan fingerprint density at radius 1 is 1.71 bits per heavy atom. The molecular formula is C11H19N3O2S. The number of aliphatic hydroxyl groups excluding tert-OH is 1. The Hall–Kier alpha value is -0.980. The number of hydrogen-bond donors (Lipinski definition) is 2. The summed E-state index contributed by atoms with van der Waals surface area (Å²) in [6.07, 6.45) is 0. The maximum absolute atomic E-state index is 11.3. The van der Waals surface area contributed by atoms with Crippen molar-refractivity contribution in [3.05, 3.63) is 11.1 Å². The number of carbonyl (C=O) groups is 1. The van der Waals surface area contributed by atoms with Crippen molar-refractivity contribution in [2.75, 3.05) is 18.1 Å². The van der Waals surface area contributed by atoms with Crippen LogP contribution in [0.4, 0.5) is 5.13 Å². The van der Waals surface area contributed by atoms with E-state index in [0.717, 1.165) is 10.8 Å².